The van der Waals surface area contributed by atoms with Crippen molar-refractivity contribution in [1.82, 2.24) is 0 Å². The van der Waals surface area contributed by atoms with Gasteiger partial charge in [0.05, 0.1) is 0 Å². The number of rotatable bonds is 2. The molecule has 72 valence electrons. The van der Waals surface area contributed by atoms with E-state index in [1.807, 2.05) is 6.92 Å². The van der Waals surface area contributed by atoms with Gasteiger partial charge in [0.2, 0.25) is 0 Å². The molecule has 0 bridgehead atoms. The zero-order valence-corrected chi connectivity index (χ0v) is 8.13. The second-order valence-electron chi connectivity index (χ2n) is 2.78. The fraction of sp³-hybridized carbons (Fsp3) is 0.250. The van der Waals surface area contributed by atoms with E-state index >= 15 is 0 Å². The summed E-state index contributed by atoms with van der Waals surface area (Å²) >= 11 is 0. The first-order valence-electron chi connectivity index (χ1n) is 3.62. The molecule has 0 unspecified atom stereocenters. The molecule has 13 heavy (non-hydrogen) atoms. The normalized spacial score (nSPS) is 11.3. The SMILES string of the molecule is Cc1ccc(OS(=O)(=O)O)c(C)c1. The Kier molecular flexibility index (Phi) is 2.58. The van der Waals surface area contributed by atoms with E-state index in [4.69, 9.17) is 4.55 Å². The minimum absolute atomic E-state index is 0.146. The monoisotopic (exact) mass is 202 g/mol. The largest absolute Gasteiger partial charge is 0.446 e. The van der Waals surface area contributed by atoms with Crippen LogP contribution in [0.2, 0.25) is 0 Å². The fourth-order valence-corrected chi connectivity index (χ4v) is 1.42. The molecule has 0 atom stereocenters. The molecule has 0 fully saturated rings. The van der Waals surface area contributed by atoms with E-state index in [0.717, 1.165) is 5.56 Å². The Morgan fingerprint density at radius 1 is 1.31 bits per heavy atom. The molecule has 0 spiro atoms. The van der Waals surface area contributed by atoms with E-state index in [-0.39, 0.29) is 5.75 Å². The van der Waals surface area contributed by atoms with Gasteiger partial charge in [0.25, 0.3) is 0 Å². The zero-order valence-electron chi connectivity index (χ0n) is 7.31. The van der Waals surface area contributed by atoms with Gasteiger partial charge in [0.1, 0.15) is 5.75 Å². The summed E-state index contributed by atoms with van der Waals surface area (Å²) in [5, 5.41) is 0. The molecule has 4 nitrogen and oxygen atoms in total. The van der Waals surface area contributed by atoms with Gasteiger partial charge in [0.15, 0.2) is 0 Å². The van der Waals surface area contributed by atoms with Crippen LogP contribution in [0, 0.1) is 13.8 Å². The van der Waals surface area contributed by atoms with Crippen LogP contribution in [0.4, 0.5) is 0 Å². The molecule has 0 aromatic heterocycles. The molecule has 5 heteroatoms. The second-order valence-corrected chi connectivity index (χ2v) is 3.80. The molecule has 1 N–H and O–H groups in total. The molecule has 0 saturated heterocycles. The predicted octanol–water partition coefficient (Wildman–Crippen LogP) is 1.49. The maximum atomic E-state index is 10.4. The van der Waals surface area contributed by atoms with Gasteiger partial charge in [-0.25, -0.2) is 0 Å². The maximum Gasteiger partial charge on any atom is 0.446 e. The Morgan fingerprint density at radius 3 is 2.38 bits per heavy atom. The summed E-state index contributed by atoms with van der Waals surface area (Å²) in [7, 11) is -4.41. The highest BCUT2D eigenvalue weighted by Crippen LogP contribution is 2.19. The Hall–Kier alpha value is -1.07. The van der Waals surface area contributed by atoms with Crippen LogP contribution in [0.3, 0.4) is 0 Å². The molecule has 0 amide bonds. The summed E-state index contributed by atoms with van der Waals surface area (Å²) in [6, 6.07) is 4.96. The summed E-state index contributed by atoms with van der Waals surface area (Å²) in [5.41, 5.74) is 1.66. The first-order chi connectivity index (χ1) is 5.88. The van der Waals surface area contributed by atoms with Crippen molar-refractivity contribution < 1.29 is 17.2 Å². The molecule has 0 aliphatic heterocycles. The van der Waals surface area contributed by atoms with Crippen molar-refractivity contribution in [3.63, 3.8) is 0 Å². The van der Waals surface area contributed by atoms with Crippen LogP contribution in [0.25, 0.3) is 0 Å². The molecular weight excluding hydrogens is 192 g/mol. The van der Waals surface area contributed by atoms with Crippen LogP contribution < -0.4 is 4.18 Å². The van der Waals surface area contributed by atoms with E-state index in [1.54, 1.807) is 19.1 Å². The number of aryl methyl sites for hydroxylation is 2. The van der Waals surface area contributed by atoms with Gasteiger partial charge in [-0.3, -0.25) is 4.55 Å². The van der Waals surface area contributed by atoms with Gasteiger partial charge in [-0.2, -0.15) is 8.42 Å². The smallest absolute Gasteiger partial charge is 0.362 e. The van der Waals surface area contributed by atoms with Crippen molar-refractivity contribution in [1.29, 1.82) is 0 Å². The summed E-state index contributed by atoms with van der Waals surface area (Å²) in [6.45, 7) is 3.58. The predicted molar refractivity (Wildman–Crippen MR) is 48.1 cm³/mol. The quantitative estimate of drug-likeness (QED) is 0.738. The first-order valence-corrected chi connectivity index (χ1v) is 4.99. The Morgan fingerprint density at radius 2 is 1.92 bits per heavy atom. The standard InChI is InChI=1S/C8H10O4S/c1-6-3-4-8(7(2)5-6)12-13(9,10)11/h3-5H,1-2H3,(H,9,10,11). The number of hydrogen-bond acceptors (Lipinski definition) is 3. The first kappa shape index (κ1) is 10.0. The minimum Gasteiger partial charge on any atom is -0.362 e. The van der Waals surface area contributed by atoms with Crippen LogP contribution in [0.15, 0.2) is 18.2 Å². The zero-order chi connectivity index (χ0) is 10.1. The lowest BCUT2D eigenvalue weighted by atomic mass is 10.1. The number of benzene rings is 1. The van der Waals surface area contributed by atoms with Crippen molar-refractivity contribution in [3.05, 3.63) is 29.3 Å². The van der Waals surface area contributed by atoms with Crippen molar-refractivity contribution in [2.24, 2.45) is 0 Å². The Labute approximate surface area is 77.1 Å². The Balaban J connectivity index is 3.04. The highest BCUT2D eigenvalue weighted by Gasteiger charge is 2.08. The summed E-state index contributed by atoms with van der Waals surface area (Å²) in [4.78, 5) is 0. The molecule has 1 aromatic carbocycles. The lowest BCUT2D eigenvalue weighted by molar-refractivity contribution is 0.385. The average molecular weight is 202 g/mol. The van der Waals surface area contributed by atoms with Crippen LogP contribution >= 0.6 is 0 Å². The van der Waals surface area contributed by atoms with E-state index in [0.29, 0.717) is 5.56 Å². The molecule has 0 saturated carbocycles. The maximum absolute atomic E-state index is 10.4. The molecule has 0 aliphatic rings. The number of hydrogen-bond donors (Lipinski definition) is 1. The fourth-order valence-electron chi connectivity index (χ4n) is 1.01. The van der Waals surface area contributed by atoms with Gasteiger partial charge in [-0.05, 0) is 25.5 Å². The highest BCUT2D eigenvalue weighted by atomic mass is 32.3. The van der Waals surface area contributed by atoms with Gasteiger partial charge < -0.3 is 4.18 Å². The highest BCUT2D eigenvalue weighted by molar-refractivity contribution is 7.81. The van der Waals surface area contributed by atoms with Crippen molar-refractivity contribution >= 4 is 10.4 Å². The molecule has 1 aromatic rings. The molecular formula is C8H10O4S. The van der Waals surface area contributed by atoms with E-state index < -0.39 is 10.4 Å². The lowest BCUT2D eigenvalue weighted by Gasteiger charge is -2.05. The van der Waals surface area contributed by atoms with Gasteiger partial charge in [-0.15, -0.1) is 0 Å². The average Bonchev–Trinajstić information content (AvgIpc) is 1.93. The van der Waals surface area contributed by atoms with Gasteiger partial charge in [-0.1, -0.05) is 17.7 Å². The summed E-state index contributed by atoms with van der Waals surface area (Å²) in [5.74, 6) is 0.146. The van der Waals surface area contributed by atoms with E-state index in [9.17, 15) is 8.42 Å². The molecule has 1 rings (SSSR count). The summed E-state index contributed by atoms with van der Waals surface area (Å²) in [6.07, 6.45) is 0. The van der Waals surface area contributed by atoms with Gasteiger partial charge in [0, 0.05) is 0 Å². The third kappa shape index (κ3) is 3.04. The van der Waals surface area contributed by atoms with Crippen LogP contribution in [0.1, 0.15) is 11.1 Å². The third-order valence-corrected chi connectivity index (χ3v) is 1.92. The van der Waals surface area contributed by atoms with Crippen LogP contribution in [-0.4, -0.2) is 13.0 Å². The molecule has 0 aliphatic carbocycles. The Bertz CT molecular complexity index is 408. The van der Waals surface area contributed by atoms with Crippen molar-refractivity contribution in [2.45, 2.75) is 13.8 Å². The molecule has 0 radical (unpaired) electrons. The summed E-state index contributed by atoms with van der Waals surface area (Å²) < 4.78 is 33.5. The molecule has 0 heterocycles. The van der Waals surface area contributed by atoms with Gasteiger partial charge >= 0.3 is 10.4 Å². The minimum atomic E-state index is -4.41. The van der Waals surface area contributed by atoms with Crippen molar-refractivity contribution in [2.75, 3.05) is 0 Å². The third-order valence-electron chi connectivity index (χ3n) is 1.53. The van der Waals surface area contributed by atoms with E-state index in [2.05, 4.69) is 4.18 Å². The van der Waals surface area contributed by atoms with Crippen LogP contribution in [0.5, 0.6) is 5.75 Å². The second kappa shape index (κ2) is 3.35. The van der Waals surface area contributed by atoms with Crippen LogP contribution in [-0.2, 0) is 10.4 Å². The van der Waals surface area contributed by atoms with E-state index in [1.165, 1.54) is 6.07 Å². The topological polar surface area (TPSA) is 63.6 Å². The lowest BCUT2D eigenvalue weighted by Crippen LogP contribution is -2.07. The van der Waals surface area contributed by atoms with Crippen molar-refractivity contribution in [3.8, 4) is 5.75 Å².